The van der Waals surface area contributed by atoms with E-state index >= 15 is 0 Å². The van der Waals surface area contributed by atoms with Crippen molar-refractivity contribution >= 4 is 5.84 Å². The third kappa shape index (κ3) is 3.86. The number of nitrogens with zero attached hydrogens (tertiary/aromatic N) is 3. The van der Waals surface area contributed by atoms with Gasteiger partial charge in [-0.15, -0.1) is 0 Å². The molecule has 2 N–H and O–H groups in total. The number of amidine groups is 1. The van der Waals surface area contributed by atoms with Gasteiger partial charge in [-0.3, -0.25) is 0 Å². The van der Waals surface area contributed by atoms with Crippen LogP contribution in [0.2, 0.25) is 0 Å². The molecular weight excluding hydrogens is 440 g/mol. The first-order valence-electron chi connectivity index (χ1n) is 12.3. The summed E-state index contributed by atoms with van der Waals surface area (Å²) in [5.74, 6) is -1.32. The van der Waals surface area contributed by atoms with Crippen molar-refractivity contribution in [1.82, 2.24) is 0 Å². The van der Waals surface area contributed by atoms with Gasteiger partial charge in [0.2, 0.25) is 0 Å². The summed E-state index contributed by atoms with van der Waals surface area (Å²) in [7, 11) is 0. The standard InChI is InChI=1S/C28H32N4O3/c1-3-5-16-34-28(35-17-6-4-2)27(20-30)24(26(27,19-29)25(31)32-28)22-12-14-23(15-13-22)33-18-21-10-8-7-9-11-21/h7-15,24H,3-6,16-18H2,1-2H3,(H2,31,32). The van der Waals surface area contributed by atoms with Crippen molar-refractivity contribution < 1.29 is 14.2 Å². The molecule has 0 radical (unpaired) electrons. The molecule has 182 valence electrons. The highest BCUT2D eigenvalue weighted by atomic mass is 16.7. The molecule has 7 nitrogen and oxygen atoms in total. The van der Waals surface area contributed by atoms with Crippen LogP contribution in [-0.2, 0) is 16.1 Å². The number of benzene rings is 2. The van der Waals surface area contributed by atoms with Crippen LogP contribution in [0.3, 0.4) is 0 Å². The highest BCUT2D eigenvalue weighted by Gasteiger charge is 2.93. The minimum Gasteiger partial charge on any atom is -0.489 e. The van der Waals surface area contributed by atoms with E-state index in [9.17, 15) is 10.5 Å². The Morgan fingerprint density at radius 2 is 1.54 bits per heavy atom. The zero-order valence-corrected chi connectivity index (χ0v) is 20.4. The molecule has 3 unspecified atom stereocenters. The smallest absolute Gasteiger partial charge is 0.293 e. The summed E-state index contributed by atoms with van der Waals surface area (Å²) in [6.07, 6.45) is 3.41. The second-order valence-corrected chi connectivity index (χ2v) is 9.10. The molecule has 0 saturated heterocycles. The lowest BCUT2D eigenvalue weighted by atomic mass is 9.93. The summed E-state index contributed by atoms with van der Waals surface area (Å²) in [6.45, 7) is 5.29. The minimum absolute atomic E-state index is 0.101. The van der Waals surface area contributed by atoms with Crippen LogP contribution in [0, 0.1) is 33.5 Å². The van der Waals surface area contributed by atoms with Crippen molar-refractivity contribution in [1.29, 1.82) is 10.5 Å². The van der Waals surface area contributed by atoms with Crippen molar-refractivity contribution in [3.05, 3.63) is 65.7 Å². The molecule has 35 heavy (non-hydrogen) atoms. The van der Waals surface area contributed by atoms with Crippen molar-refractivity contribution in [2.24, 2.45) is 21.6 Å². The van der Waals surface area contributed by atoms with E-state index < -0.39 is 22.7 Å². The first kappa shape index (κ1) is 24.7. The maximum Gasteiger partial charge on any atom is 0.293 e. The molecule has 1 saturated carbocycles. The molecule has 7 heteroatoms. The van der Waals surface area contributed by atoms with E-state index in [4.69, 9.17) is 19.9 Å². The third-order valence-electron chi connectivity index (χ3n) is 6.98. The van der Waals surface area contributed by atoms with Crippen molar-refractivity contribution in [3.63, 3.8) is 0 Å². The molecule has 2 aromatic rings. The summed E-state index contributed by atoms with van der Waals surface area (Å²) < 4.78 is 18.3. The third-order valence-corrected chi connectivity index (χ3v) is 6.98. The molecular formula is C28H32N4O3. The molecule has 1 heterocycles. The molecule has 1 fully saturated rings. The Bertz CT molecular complexity index is 1130. The van der Waals surface area contributed by atoms with Crippen LogP contribution in [0.1, 0.15) is 56.6 Å². The van der Waals surface area contributed by atoms with Gasteiger partial charge in [0.1, 0.15) is 23.6 Å². The average Bonchev–Trinajstić information content (AvgIpc) is 3.47. The molecule has 3 atom stereocenters. The monoisotopic (exact) mass is 472 g/mol. The number of hydrogen-bond donors (Lipinski definition) is 1. The first-order chi connectivity index (χ1) is 17.0. The first-order valence-corrected chi connectivity index (χ1v) is 12.3. The second-order valence-electron chi connectivity index (χ2n) is 9.10. The highest BCUT2D eigenvalue weighted by Crippen LogP contribution is 2.82. The number of hydrogen-bond acceptors (Lipinski definition) is 7. The molecule has 4 rings (SSSR count). The summed E-state index contributed by atoms with van der Waals surface area (Å²) >= 11 is 0. The van der Waals surface area contributed by atoms with Gasteiger partial charge in [-0.05, 0) is 36.1 Å². The number of nitrogens with two attached hydrogens (primary N) is 1. The lowest BCUT2D eigenvalue weighted by molar-refractivity contribution is -0.260. The number of rotatable bonds is 12. The topological polar surface area (TPSA) is 114 Å². The van der Waals surface area contributed by atoms with Gasteiger partial charge in [0, 0.05) is 5.92 Å². The Labute approximate surface area is 207 Å². The van der Waals surface area contributed by atoms with Gasteiger partial charge in [0.25, 0.3) is 5.91 Å². The predicted octanol–water partition coefficient (Wildman–Crippen LogP) is 5.04. The van der Waals surface area contributed by atoms with Crippen LogP contribution >= 0.6 is 0 Å². The van der Waals surface area contributed by atoms with E-state index in [0.29, 0.717) is 25.6 Å². The van der Waals surface area contributed by atoms with E-state index in [0.717, 1.165) is 36.8 Å². The summed E-state index contributed by atoms with van der Waals surface area (Å²) in [5, 5.41) is 20.8. The summed E-state index contributed by atoms with van der Waals surface area (Å²) in [6, 6.07) is 22.1. The molecule has 0 aromatic heterocycles. The Morgan fingerprint density at radius 1 is 0.914 bits per heavy atom. The van der Waals surface area contributed by atoms with Crippen molar-refractivity contribution in [2.75, 3.05) is 13.2 Å². The molecule has 2 aromatic carbocycles. The quantitative estimate of drug-likeness (QED) is 0.342. The normalized spacial score (nSPS) is 25.7. The lowest BCUT2D eigenvalue weighted by Gasteiger charge is -2.32. The zero-order valence-electron chi connectivity index (χ0n) is 20.4. The number of ether oxygens (including phenoxy) is 3. The van der Waals surface area contributed by atoms with Crippen LogP contribution in [0.5, 0.6) is 5.75 Å². The fourth-order valence-corrected chi connectivity index (χ4v) is 5.07. The molecule has 0 spiro atoms. The van der Waals surface area contributed by atoms with E-state index in [-0.39, 0.29) is 5.84 Å². The van der Waals surface area contributed by atoms with Gasteiger partial charge in [-0.2, -0.15) is 10.5 Å². The average molecular weight is 473 g/mol. The maximum absolute atomic E-state index is 10.5. The Kier molecular flexibility index (Phi) is 7.12. The minimum atomic E-state index is -1.60. The van der Waals surface area contributed by atoms with Gasteiger partial charge in [-0.1, -0.05) is 69.2 Å². The number of aliphatic imine (C=N–C) groups is 1. The fraction of sp³-hybridized carbons (Fsp3) is 0.464. The fourth-order valence-electron chi connectivity index (χ4n) is 5.07. The highest BCUT2D eigenvalue weighted by molar-refractivity contribution is 6.00. The Hall–Kier alpha value is -3.39. The molecule has 0 bridgehead atoms. The maximum atomic E-state index is 10.5. The largest absolute Gasteiger partial charge is 0.489 e. The summed E-state index contributed by atoms with van der Waals surface area (Å²) in [4.78, 5) is 4.52. The zero-order chi connectivity index (χ0) is 24.9. The van der Waals surface area contributed by atoms with Gasteiger partial charge in [-0.25, -0.2) is 4.99 Å². The Balaban J connectivity index is 1.63. The Morgan fingerprint density at radius 3 is 2.09 bits per heavy atom. The van der Waals surface area contributed by atoms with Crippen molar-refractivity contribution in [2.45, 2.75) is 58.0 Å². The van der Waals surface area contributed by atoms with Crippen LogP contribution < -0.4 is 10.5 Å². The lowest BCUT2D eigenvalue weighted by Crippen LogP contribution is -2.44. The van der Waals surface area contributed by atoms with Gasteiger partial charge >= 0.3 is 0 Å². The second kappa shape index (κ2) is 10.1. The van der Waals surface area contributed by atoms with E-state index in [2.05, 4.69) is 31.0 Å². The van der Waals surface area contributed by atoms with E-state index in [1.165, 1.54) is 0 Å². The van der Waals surface area contributed by atoms with E-state index in [1.807, 2.05) is 54.6 Å². The number of nitriles is 2. The van der Waals surface area contributed by atoms with Crippen molar-refractivity contribution in [3.8, 4) is 17.9 Å². The molecule has 0 amide bonds. The van der Waals surface area contributed by atoms with Crippen LogP contribution in [-0.4, -0.2) is 25.0 Å². The molecule has 2 aliphatic rings. The van der Waals surface area contributed by atoms with Crippen LogP contribution in [0.4, 0.5) is 0 Å². The van der Waals surface area contributed by atoms with Crippen LogP contribution in [0.15, 0.2) is 59.6 Å². The SMILES string of the molecule is CCCCOC1(OCCCC)N=C(N)C2(C#N)C(c3ccc(OCc4ccccc4)cc3)C12C#N. The van der Waals surface area contributed by atoms with Crippen LogP contribution in [0.25, 0.3) is 0 Å². The van der Waals surface area contributed by atoms with Gasteiger partial charge < -0.3 is 19.9 Å². The molecule has 1 aliphatic heterocycles. The van der Waals surface area contributed by atoms with E-state index in [1.54, 1.807) is 0 Å². The molecule has 1 aliphatic carbocycles. The summed E-state index contributed by atoms with van der Waals surface area (Å²) in [5.41, 5.74) is 5.60. The number of fused-ring (bicyclic) bond motifs is 1. The van der Waals surface area contributed by atoms with Gasteiger partial charge in [0.15, 0.2) is 5.41 Å². The van der Waals surface area contributed by atoms with Gasteiger partial charge in [0.05, 0.1) is 25.4 Å². The number of unbranched alkanes of at least 4 members (excludes halogenated alkanes) is 2. The predicted molar refractivity (Wildman–Crippen MR) is 132 cm³/mol.